The predicted octanol–water partition coefficient (Wildman–Crippen LogP) is 0.705. The van der Waals surface area contributed by atoms with E-state index in [4.69, 9.17) is 18.9 Å². The van der Waals surface area contributed by atoms with Gasteiger partial charge in [0.2, 0.25) is 0 Å². The van der Waals surface area contributed by atoms with Crippen molar-refractivity contribution in [2.24, 2.45) is 0 Å². The predicted molar refractivity (Wildman–Crippen MR) is 111 cm³/mol. The number of imidazole rings is 1. The van der Waals surface area contributed by atoms with Crippen LogP contribution in [0, 0.1) is 0 Å². The molecule has 6 nitrogen and oxygen atoms in total. The number of halogens is 1. The molecule has 0 saturated carbocycles. The first-order valence-electron chi connectivity index (χ1n) is 10.8. The number of aryl methyl sites for hydroxylation is 1. The average Bonchev–Trinajstić information content (AvgIpc) is 3.01. The Morgan fingerprint density at radius 1 is 0.710 bits per heavy atom. The first kappa shape index (κ1) is 20.2. The van der Waals surface area contributed by atoms with Crippen molar-refractivity contribution in [1.82, 2.24) is 4.57 Å². The second-order valence-electron chi connectivity index (χ2n) is 7.96. The zero-order valence-corrected chi connectivity index (χ0v) is 18.9. The third kappa shape index (κ3) is 3.65. The Kier molecular flexibility index (Phi) is 5.52. The van der Waals surface area contributed by atoms with Crippen LogP contribution in [0.5, 0.6) is 23.0 Å². The van der Waals surface area contributed by atoms with E-state index in [1.807, 2.05) is 12.1 Å². The van der Waals surface area contributed by atoms with Crippen molar-refractivity contribution in [3.63, 3.8) is 0 Å². The van der Waals surface area contributed by atoms with Crippen molar-refractivity contribution in [3.8, 4) is 39.9 Å². The van der Waals surface area contributed by atoms with Crippen molar-refractivity contribution in [2.75, 3.05) is 26.4 Å². The highest BCUT2D eigenvalue weighted by Crippen LogP contribution is 2.37. The zero-order chi connectivity index (χ0) is 19.9. The summed E-state index contributed by atoms with van der Waals surface area (Å²) in [7, 11) is 0. The van der Waals surface area contributed by atoms with Gasteiger partial charge in [-0.2, -0.15) is 4.57 Å². The molecule has 0 spiro atoms. The Hall–Kier alpha value is -2.67. The van der Waals surface area contributed by atoms with E-state index in [-0.39, 0.29) is 17.0 Å². The molecule has 0 saturated heterocycles. The van der Waals surface area contributed by atoms with Crippen LogP contribution in [0.25, 0.3) is 16.9 Å². The number of aromatic nitrogens is 2. The smallest absolute Gasteiger partial charge is 0.262 e. The molecule has 31 heavy (non-hydrogen) atoms. The summed E-state index contributed by atoms with van der Waals surface area (Å²) in [5, 5.41) is 0. The zero-order valence-electron chi connectivity index (χ0n) is 17.3. The quantitative estimate of drug-likeness (QED) is 0.502. The summed E-state index contributed by atoms with van der Waals surface area (Å²) >= 11 is 0. The van der Waals surface area contributed by atoms with Crippen LogP contribution in [0.4, 0.5) is 0 Å². The van der Waals surface area contributed by atoms with E-state index in [1.54, 1.807) is 0 Å². The van der Waals surface area contributed by atoms with E-state index in [0.29, 0.717) is 26.4 Å². The Morgan fingerprint density at radius 2 is 1.39 bits per heavy atom. The number of hydrogen-bond acceptors (Lipinski definition) is 4. The molecule has 3 aliphatic heterocycles. The Morgan fingerprint density at radius 3 is 2.16 bits per heavy atom. The van der Waals surface area contributed by atoms with E-state index < -0.39 is 0 Å². The van der Waals surface area contributed by atoms with E-state index in [1.165, 1.54) is 25.1 Å². The van der Waals surface area contributed by atoms with Gasteiger partial charge in [-0.25, -0.2) is 4.57 Å². The monoisotopic (exact) mass is 484 g/mol. The fourth-order valence-corrected chi connectivity index (χ4v) is 4.60. The molecule has 0 bridgehead atoms. The molecule has 0 radical (unpaired) electrons. The fraction of sp³-hybridized carbons (Fsp3) is 0.375. The number of rotatable bonds is 2. The number of benzene rings is 2. The summed E-state index contributed by atoms with van der Waals surface area (Å²) < 4.78 is 28.0. The molecule has 2 aromatic carbocycles. The van der Waals surface area contributed by atoms with E-state index in [0.717, 1.165) is 52.9 Å². The molecule has 1 aromatic heterocycles. The molecular formula is C24H25BrN2O4. The third-order valence-corrected chi connectivity index (χ3v) is 6.03. The Balaban J connectivity index is 0.00000204. The minimum Gasteiger partial charge on any atom is -1.00 e. The molecule has 0 unspecified atom stereocenters. The highest BCUT2D eigenvalue weighted by Gasteiger charge is 2.29. The molecule has 4 heterocycles. The second-order valence-corrected chi connectivity index (χ2v) is 7.96. The van der Waals surface area contributed by atoms with Crippen LogP contribution in [-0.2, 0) is 13.0 Å². The SMILES string of the molecule is [Br-].c1cc2c(cc1-c1c[n+]3c(n1-c1ccc4c(c1)OCCO4)CCCCC3)OCCO2. The van der Waals surface area contributed by atoms with E-state index >= 15 is 0 Å². The van der Waals surface area contributed by atoms with E-state index in [9.17, 15) is 0 Å². The molecule has 0 N–H and O–H groups in total. The minimum atomic E-state index is 0. The van der Waals surface area contributed by atoms with Gasteiger partial charge in [0.25, 0.3) is 5.82 Å². The molecule has 3 aromatic rings. The second kappa shape index (κ2) is 8.46. The van der Waals surface area contributed by atoms with Crippen LogP contribution in [0.2, 0.25) is 0 Å². The highest BCUT2D eigenvalue weighted by molar-refractivity contribution is 5.66. The van der Waals surface area contributed by atoms with Crippen LogP contribution in [-0.4, -0.2) is 31.0 Å². The lowest BCUT2D eigenvalue weighted by molar-refractivity contribution is -0.702. The van der Waals surface area contributed by atoms with Gasteiger partial charge in [-0.3, -0.25) is 0 Å². The van der Waals surface area contributed by atoms with Gasteiger partial charge in [0.15, 0.2) is 28.7 Å². The summed E-state index contributed by atoms with van der Waals surface area (Å²) in [5.41, 5.74) is 3.37. The van der Waals surface area contributed by atoms with Crippen molar-refractivity contribution in [1.29, 1.82) is 0 Å². The molecule has 0 fully saturated rings. The number of nitrogens with zero attached hydrogens (tertiary/aromatic N) is 2. The first-order chi connectivity index (χ1) is 14.9. The van der Waals surface area contributed by atoms with Gasteiger partial charge in [-0.05, 0) is 49.6 Å². The lowest BCUT2D eigenvalue weighted by Gasteiger charge is -2.19. The van der Waals surface area contributed by atoms with E-state index in [2.05, 4.69) is 39.6 Å². The fourth-order valence-electron chi connectivity index (χ4n) is 4.60. The van der Waals surface area contributed by atoms with Crippen molar-refractivity contribution < 1.29 is 40.5 Å². The maximum Gasteiger partial charge on any atom is 0.262 e. The van der Waals surface area contributed by atoms with Gasteiger partial charge < -0.3 is 35.9 Å². The summed E-state index contributed by atoms with van der Waals surface area (Å²) in [6.07, 6.45) is 7.02. The summed E-state index contributed by atoms with van der Waals surface area (Å²) in [6, 6.07) is 12.5. The lowest BCUT2D eigenvalue weighted by Crippen LogP contribution is -3.00. The molecular weight excluding hydrogens is 460 g/mol. The topological polar surface area (TPSA) is 45.7 Å². The van der Waals surface area contributed by atoms with Crippen LogP contribution < -0.4 is 40.5 Å². The summed E-state index contributed by atoms with van der Waals surface area (Å²) in [4.78, 5) is 0. The van der Waals surface area contributed by atoms with Crippen molar-refractivity contribution in [3.05, 3.63) is 48.4 Å². The maximum absolute atomic E-state index is 5.87. The first-order valence-corrected chi connectivity index (χ1v) is 10.8. The van der Waals surface area contributed by atoms with Crippen molar-refractivity contribution in [2.45, 2.75) is 32.2 Å². The normalized spacial score (nSPS) is 16.6. The van der Waals surface area contributed by atoms with Crippen molar-refractivity contribution >= 4 is 0 Å². The maximum atomic E-state index is 5.87. The number of fused-ring (bicyclic) bond motifs is 3. The standard InChI is InChI=1S/C24H25N2O4.BrH/c1-2-4-24-25(9-3-1)16-19(17-5-7-20-22(14-17)29-12-10-27-20)26(24)18-6-8-21-23(15-18)30-13-11-28-21;/h5-8,14-16H,1-4,9-13H2;1H/q+1;/p-1. The lowest BCUT2D eigenvalue weighted by atomic mass is 10.1. The molecule has 0 amide bonds. The largest absolute Gasteiger partial charge is 1.00 e. The van der Waals surface area contributed by atoms with Gasteiger partial charge in [0, 0.05) is 18.1 Å². The molecule has 162 valence electrons. The number of ether oxygens (including phenoxy) is 4. The average molecular weight is 485 g/mol. The Bertz CT molecular complexity index is 1110. The molecule has 0 aliphatic carbocycles. The molecule has 0 atom stereocenters. The van der Waals surface area contributed by atoms with Gasteiger partial charge in [-0.15, -0.1) is 0 Å². The highest BCUT2D eigenvalue weighted by atomic mass is 79.9. The summed E-state index contributed by atoms with van der Waals surface area (Å²) in [6.45, 7) is 3.42. The van der Waals surface area contributed by atoms with Gasteiger partial charge in [0.05, 0.1) is 6.54 Å². The molecule has 3 aliphatic rings. The van der Waals surface area contributed by atoms with Gasteiger partial charge in [0.1, 0.15) is 38.3 Å². The van der Waals surface area contributed by atoms with Crippen LogP contribution in [0.3, 0.4) is 0 Å². The molecule has 6 rings (SSSR count). The number of hydrogen-bond donors (Lipinski definition) is 0. The third-order valence-electron chi connectivity index (χ3n) is 6.03. The van der Waals surface area contributed by atoms with Crippen LogP contribution >= 0.6 is 0 Å². The van der Waals surface area contributed by atoms with Gasteiger partial charge in [-0.1, -0.05) is 0 Å². The van der Waals surface area contributed by atoms with Gasteiger partial charge >= 0.3 is 0 Å². The summed E-state index contributed by atoms with van der Waals surface area (Å²) in [5.74, 6) is 4.59. The van der Waals surface area contributed by atoms with Crippen LogP contribution in [0.15, 0.2) is 42.6 Å². The minimum absolute atomic E-state index is 0. The van der Waals surface area contributed by atoms with Crippen LogP contribution in [0.1, 0.15) is 25.1 Å². The Labute approximate surface area is 192 Å². The molecule has 7 heteroatoms.